The van der Waals surface area contributed by atoms with Gasteiger partial charge in [0.05, 0.1) is 18.3 Å². The number of ether oxygens (including phenoxy) is 1. The third kappa shape index (κ3) is 3.71. The first kappa shape index (κ1) is 18.7. The lowest BCUT2D eigenvalue weighted by Crippen LogP contribution is -2.22. The van der Waals surface area contributed by atoms with Crippen molar-refractivity contribution in [3.63, 3.8) is 0 Å². The summed E-state index contributed by atoms with van der Waals surface area (Å²) < 4.78 is 45.7. The number of pyridine rings is 2. The van der Waals surface area contributed by atoms with Crippen LogP contribution in [0.1, 0.15) is 5.56 Å². The van der Waals surface area contributed by atoms with E-state index in [0.717, 1.165) is 6.20 Å². The maximum atomic E-state index is 13.5. The summed E-state index contributed by atoms with van der Waals surface area (Å²) in [4.78, 5) is 20.8. The molecule has 0 saturated heterocycles. The SMILES string of the molecule is Cn1c(=O)n(Cc2cncc(F)c2)c2cc(-c3cccc(OC(F)F)c3)cnc21. The normalized spacial score (nSPS) is 11.3. The van der Waals surface area contributed by atoms with Crippen LogP contribution in [0.4, 0.5) is 13.2 Å². The molecular formula is C20H15F3N4O2. The molecule has 4 aromatic rings. The van der Waals surface area contributed by atoms with Crippen LogP contribution in [0.2, 0.25) is 0 Å². The second-order valence-corrected chi connectivity index (χ2v) is 6.41. The van der Waals surface area contributed by atoms with Crippen LogP contribution in [0, 0.1) is 5.82 Å². The van der Waals surface area contributed by atoms with Crippen molar-refractivity contribution < 1.29 is 17.9 Å². The number of aryl methyl sites for hydroxylation is 1. The lowest BCUT2D eigenvalue weighted by molar-refractivity contribution is -0.0498. The first-order valence-electron chi connectivity index (χ1n) is 8.62. The third-order valence-electron chi connectivity index (χ3n) is 4.47. The molecular weight excluding hydrogens is 385 g/mol. The van der Waals surface area contributed by atoms with Gasteiger partial charge in [0.1, 0.15) is 11.6 Å². The number of imidazole rings is 1. The molecule has 0 unspecified atom stereocenters. The molecule has 29 heavy (non-hydrogen) atoms. The van der Waals surface area contributed by atoms with Crippen molar-refractivity contribution in [3.8, 4) is 16.9 Å². The maximum absolute atomic E-state index is 13.5. The van der Waals surface area contributed by atoms with E-state index < -0.39 is 12.4 Å². The van der Waals surface area contributed by atoms with Gasteiger partial charge in [-0.25, -0.2) is 14.2 Å². The number of fused-ring (bicyclic) bond motifs is 1. The van der Waals surface area contributed by atoms with E-state index in [9.17, 15) is 18.0 Å². The predicted octanol–water partition coefficient (Wildman–Crippen LogP) is 3.59. The van der Waals surface area contributed by atoms with Crippen LogP contribution in [-0.2, 0) is 13.6 Å². The fraction of sp³-hybridized carbons (Fsp3) is 0.150. The molecule has 0 aliphatic rings. The topological polar surface area (TPSA) is 61.9 Å². The Balaban J connectivity index is 1.80. The molecule has 0 aliphatic carbocycles. The molecule has 0 spiro atoms. The first-order chi connectivity index (χ1) is 13.9. The van der Waals surface area contributed by atoms with Crippen molar-refractivity contribution in [2.45, 2.75) is 13.2 Å². The number of alkyl halides is 2. The van der Waals surface area contributed by atoms with Gasteiger partial charge in [-0.05, 0) is 35.4 Å². The van der Waals surface area contributed by atoms with Gasteiger partial charge < -0.3 is 4.74 Å². The molecule has 0 bridgehead atoms. The zero-order chi connectivity index (χ0) is 20.5. The van der Waals surface area contributed by atoms with Crippen molar-refractivity contribution in [1.82, 2.24) is 19.1 Å². The number of hydrogen-bond acceptors (Lipinski definition) is 4. The summed E-state index contributed by atoms with van der Waals surface area (Å²) in [5.41, 5.74) is 2.41. The largest absolute Gasteiger partial charge is 0.435 e. The summed E-state index contributed by atoms with van der Waals surface area (Å²) in [5, 5.41) is 0. The second kappa shape index (κ2) is 7.42. The molecule has 0 aliphatic heterocycles. The van der Waals surface area contributed by atoms with E-state index in [4.69, 9.17) is 0 Å². The van der Waals surface area contributed by atoms with Gasteiger partial charge in [-0.15, -0.1) is 0 Å². The highest BCUT2D eigenvalue weighted by molar-refractivity contribution is 5.79. The monoisotopic (exact) mass is 400 g/mol. The standard InChI is InChI=1S/C20H15F3N4O2/c1-26-18-17(27(20(26)28)11-12-5-15(21)10-24-8-12)7-14(9-25-18)13-3-2-4-16(6-13)29-19(22)23/h2-10,19H,11H2,1H3. The summed E-state index contributed by atoms with van der Waals surface area (Å²) in [6.07, 6.45) is 4.12. The summed E-state index contributed by atoms with van der Waals surface area (Å²) >= 11 is 0. The number of hydrogen-bond donors (Lipinski definition) is 0. The van der Waals surface area contributed by atoms with Crippen LogP contribution >= 0.6 is 0 Å². The van der Waals surface area contributed by atoms with Crippen LogP contribution in [0.5, 0.6) is 5.75 Å². The van der Waals surface area contributed by atoms with E-state index in [1.807, 2.05) is 0 Å². The number of rotatable bonds is 5. The molecule has 6 nitrogen and oxygen atoms in total. The molecule has 0 atom stereocenters. The molecule has 4 rings (SSSR count). The molecule has 1 aromatic carbocycles. The third-order valence-corrected chi connectivity index (χ3v) is 4.47. The van der Waals surface area contributed by atoms with Gasteiger partial charge in [0, 0.05) is 25.0 Å². The fourth-order valence-electron chi connectivity index (χ4n) is 3.17. The predicted molar refractivity (Wildman–Crippen MR) is 100 cm³/mol. The molecule has 0 fully saturated rings. The number of benzene rings is 1. The Kier molecular flexibility index (Phi) is 4.79. The first-order valence-corrected chi connectivity index (χ1v) is 8.62. The Hall–Kier alpha value is -3.62. The van der Waals surface area contributed by atoms with Gasteiger partial charge in [-0.2, -0.15) is 8.78 Å². The highest BCUT2D eigenvalue weighted by atomic mass is 19.3. The van der Waals surface area contributed by atoms with Crippen LogP contribution in [0.3, 0.4) is 0 Å². The van der Waals surface area contributed by atoms with Gasteiger partial charge in [-0.1, -0.05) is 12.1 Å². The van der Waals surface area contributed by atoms with E-state index in [2.05, 4.69) is 14.7 Å². The summed E-state index contributed by atoms with van der Waals surface area (Å²) in [7, 11) is 1.59. The smallest absolute Gasteiger partial charge is 0.387 e. The summed E-state index contributed by atoms with van der Waals surface area (Å²) in [5.74, 6) is -0.473. The van der Waals surface area contributed by atoms with Crippen LogP contribution < -0.4 is 10.4 Å². The second-order valence-electron chi connectivity index (χ2n) is 6.41. The highest BCUT2D eigenvalue weighted by Gasteiger charge is 2.14. The van der Waals surface area contributed by atoms with Crippen molar-refractivity contribution in [3.05, 3.63) is 76.9 Å². The van der Waals surface area contributed by atoms with Crippen LogP contribution in [0.15, 0.2) is 59.8 Å². The molecule has 0 radical (unpaired) electrons. The van der Waals surface area contributed by atoms with Crippen molar-refractivity contribution in [1.29, 1.82) is 0 Å². The Morgan fingerprint density at radius 3 is 2.69 bits per heavy atom. The van der Waals surface area contributed by atoms with Gasteiger partial charge in [0.15, 0.2) is 5.65 Å². The quantitative estimate of drug-likeness (QED) is 0.514. The molecule has 148 valence electrons. The highest BCUT2D eigenvalue weighted by Crippen LogP contribution is 2.26. The Morgan fingerprint density at radius 1 is 1.10 bits per heavy atom. The maximum Gasteiger partial charge on any atom is 0.387 e. The van der Waals surface area contributed by atoms with Crippen LogP contribution in [-0.4, -0.2) is 25.7 Å². The van der Waals surface area contributed by atoms with E-state index in [1.165, 1.54) is 33.5 Å². The Morgan fingerprint density at radius 2 is 1.93 bits per heavy atom. The van der Waals surface area contributed by atoms with Gasteiger partial charge in [0.25, 0.3) is 0 Å². The number of halogens is 3. The average Bonchev–Trinajstić information content (AvgIpc) is 2.92. The molecule has 3 heterocycles. The molecule has 9 heteroatoms. The molecule has 3 aromatic heterocycles. The van der Waals surface area contributed by atoms with E-state index >= 15 is 0 Å². The minimum Gasteiger partial charge on any atom is -0.435 e. The fourth-order valence-corrected chi connectivity index (χ4v) is 3.17. The minimum atomic E-state index is -2.93. The van der Waals surface area contributed by atoms with Crippen molar-refractivity contribution >= 4 is 11.2 Å². The number of aromatic nitrogens is 4. The summed E-state index contributed by atoms with van der Waals surface area (Å²) in [6.45, 7) is -2.81. The van der Waals surface area contributed by atoms with Crippen molar-refractivity contribution in [2.24, 2.45) is 7.05 Å². The van der Waals surface area contributed by atoms with E-state index in [0.29, 0.717) is 27.9 Å². The van der Waals surface area contributed by atoms with E-state index in [1.54, 1.807) is 31.4 Å². The zero-order valence-corrected chi connectivity index (χ0v) is 15.2. The average molecular weight is 400 g/mol. The van der Waals surface area contributed by atoms with Gasteiger partial charge >= 0.3 is 12.3 Å². The lowest BCUT2D eigenvalue weighted by Gasteiger charge is -2.08. The number of nitrogens with zero attached hydrogens (tertiary/aromatic N) is 4. The lowest BCUT2D eigenvalue weighted by atomic mass is 10.1. The molecule has 0 N–H and O–H groups in total. The Labute approximate surface area is 162 Å². The summed E-state index contributed by atoms with van der Waals surface area (Å²) in [6, 6.07) is 9.25. The molecule has 0 amide bonds. The minimum absolute atomic E-state index is 0.0221. The van der Waals surface area contributed by atoms with E-state index in [-0.39, 0.29) is 18.0 Å². The Bertz CT molecular complexity index is 1250. The zero-order valence-electron chi connectivity index (χ0n) is 15.2. The van der Waals surface area contributed by atoms with Crippen LogP contribution in [0.25, 0.3) is 22.3 Å². The van der Waals surface area contributed by atoms with Crippen molar-refractivity contribution in [2.75, 3.05) is 0 Å². The van der Waals surface area contributed by atoms with Gasteiger partial charge in [0.2, 0.25) is 0 Å². The van der Waals surface area contributed by atoms with Gasteiger partial charge in [-0.3, -0.25) is 14.1 Å². The molecule has 0 saturated carbocycles.